The van der Waals surface area contributed by atoms with E-state index in [0.29, 0.717) is 4.83 Å². The van der Waals surface area contributed by atoms with Crippen molar-refractivity contribution in [1.29, 1.82) is 0 Å². The molecule has 1 heterocycles. The highest BCUT2D eigenvalue weighted by molar-refractivity contribution is 9.09. The lowest BCUT2D eigenvalue weighted by Crippen LogP contribution is -2.14. The van der Waals surface area contributed by atoms with E-state index in [1.54, 1.807) is 5.56 Å². The number of hydrogen-bond acceptors (Lipinski definition) is 1. The average molecular weight is 299 g/mol. The summed E-state index contributed by atoms with van der Waals surface area (Å²) in [6.07, 6.45) is 2.60. The van der Waals surface area contributed by atoms with E-state index in [2.05, 4.69) is 54.0 Å². The van der Waals surface area contributed by atoms with Crippen molar-refractivity contribution >= 4 is 27.7 Å². The molecule has 0 fully saturated rings. The van der Waals surface area contributed by atoms with Gasteiger partial charge in [-0.2, -0.15) is 0 Å². The van der Waals surface area contributed by atoms with Crippen molar-refractivity contribution in [1.82, 2.24) is 0 Å². The van der Waals surface area contributed by atoms with E-state index in [1.807, 2.05) is 11.8 Å². The van der Waals surface area contributed by atoms with Crippen molar-refractivity contribution in [2.75, 3.05) is 5.75 Å². The number of benzene rings is 1. The van der Waals surface area contributed by atoms with Gasteiger partial charge in [0, 0.05) is 15.5 Å². The first-order chi connectivity index (χ1) is 7.72. The summed E-state index contributed by atoms with van der Waals surface area (Å²) in [7, 11) is 0. The molecule has 88 valence electrons. The number of hydrogen-bond donors (Lipinski definition) is 0. The van der Waals surface area contributed by atoms with Crippen LogP contribution < -0.4 is 0 Å². The Morgan fingerprint density at radius 1 is 1.44 bits per heavy atom. The molecular formula is C14H19BrS. The van der Waals surface area contributed by atoms with E-state index in [0.717, 1.165) is 11.8 Å². The monoisotopic (exact) mass is 298 g/mol. The maximum atomic E-state index is 3.74. The molecule has 0 radical (unpaired) electrons. The predicted octanol–water partition coefficient (Wildman–Crippen LogP) is 5.08. The minimum absolute atomic E-state index is 0.635. The van der Waals surface area contributed by atoms with Crippen LogP contribution in [-0.4, -0.2) is 10.6 Å². The van der Waals surface area contributed by atoms with E-state index < -0.39 is 0 Å². The minimum Gasteiger partial charge on any atom is -0.125 e. The van der Waals surface area contributed by atoms with Gasteiger partial charge in [0.25, 0.3) is 0 Å². The molecule has 0 saturated carbocycles. The van der Waals surface area contributed by atoms with Crippen LogP contribution in [0.2, 0.25) is 0 Å². The quantitative estimate of drug-likeness (QED) is 0.699. The van der Waals surface area contributed by atoms with Gasteiger partial charge in [-0.25, -0.2) is 0 Å². The predicted molar refractivity (Wildman–Crippen MR) is 76.7 cm³/mol. The van der Waals surface area contributed by atoms with Crippen LogP contribution in [0.3, 0.4) is 0 Å². The van der Waals surface area contributed by atoms with Gasteiger partial charge in [-0.05, 0) is 29.9 Å². The highest BCUT2D eigenvalue weighted by Crippen LogP contribution is 2.43. The molecule has 0 N–H and O–H groups in total. The zero-order valence-corrected chi connectivity index (χ0v) is 12.4. The summed E-state index contributed by atoms with van der Waals surface area (Å²) in [5.74, 6) is 2.85. The maximum absolute atomic E-state index is 3.74. The first kappa shape index (κ1) is 12.5. The Morgan fingerprint density at radius 2 is 2.19 bits per heavy atom. The van der Waals surface area contributed by atoms with Gasteiger partial charge < -0.3 is 0 Å². The second kappa shape index (κ2) is 5.59. The van der Waals surface area contributed by atoms with Crippen LogP contribution in [0.1, 0.15) is 38.2 Å². The van der Waals surface area contributed by atoms with Gasteiger partial charge in [0.1, 0.15) is 0 Å². The molecule has 1 aromatic carbocycles. The molecule has 1 aliphatic rings. The molecule has 0 aromatic heterocycles. The largest absolute Gasteiger partial charge is 0.125 e. The molecule has 0 spiro atoms. The number of rotatable bonds is 4. The zero-order valence-electron chi connectivity index (χ0n) is 9.95. The van der Waals surface area contributed by atoms with Crippen LogP contribution in [0.5, 0.6) is 0 Å². The summed E-state index contributed by atoms with van der Waals surface area (Å²) in [6.45, 7) is 4.58. The van der Waals surface area contributed by atoms with E-state index in [4.69, 9.17) is 0 Å². The summed E-state index contributed by atoms with van der Waals surface area (Å²) in [5, 5.41) is 0. The number of alkyl halides is 1. The van der Waals surface area contributed by atoms with Crippen LogP contribution >= 0.6 is 27.7 Å². The van der Waals surface area contributed by atoms with Gasteiger partial charge in [-0.1, -0.05) is 54.4 Å². The number of thioether (sulfide) groups is 1. The van der Waals surface area contributed by atoms with Gasteiger partial charge in [-0.3, -0.25) is 0 Å². The molecule has 0 amide bonds. The van der Waals surface area contributed by atoms with Gasteiger partial charge in [0.05, 0.1) is 0 Å². The molecule has 1 aliphatic heterocycles. The second-order valence-corrected chi connectivity index (χ2v) is 7.13. The molecule has 1 aromatic rings. The van der Waals surface area contributed by atoms with Gasteiger partial charge in [-0.15, -0.1) is 11.8 Å². The Hall–Kier alpha value is 0.0500. The SMILES string of the molecule is CCC(CC1CSc2ccccc21)C(C)Br. The third-order valence-electron chi connectivity index (χ3n) is 3.56. The first-order valence-electron chi connectivity index (χ1n) is 6.08. The van der Waals surface area contributed by atoms with Crippen molar-refractivity contribution in [3.05, 3.63) is 29.8 Å². The molecule has 16 heavy (non-hydrogen) atoms. The lowest BCUT2D eigenvalue weighted by Gasteiger charge is -2.21. The van der Waals surface area contributed by atoms with Crippen LogP contribution in [0.15, 0.2) is 29.2 Å². The highest BCUT2D eigenvalue weighted by Gasteiger charge is 2.26. The third-order valence-corrected chi connectivity index (χ3v) is 5.56. The van der Waals surface area contributed by atoms with Crippen LogP contribution in [0, 0.1) is 5.92 Å². The van der Waals surface area contributed by atoms with E-state index in [-0.39, 0.29) is 0 Å². The Kier molecular flexibility index (Phi) is 4.37. The lowest BCUT2D eigenvalue weighted by molar-refractivity contribution is 0.439. The summed E-state index contributed by atoms with van der Waals surface area (Å²) in [4.78, 5) is 2.14. The molecule has 2 heteroatoms. The summed E-state index contributed by atoms with van der Waals surface area (Å²) in [6, 6.07) is 8.90. The van der Waals surface area contributed by atoms with Crippen molar-refractivity contribution < 1.29 is 0 Å². The number of fused-ring (bicyclic) bond motifs is 1. The zero-order chi connectivity index (χ0) is 11.5. The lowest BCUT2D eigenvalue weighted by atomic mass is 9.87. The smallest absolute Gasteiger partial charge is 0.0145 e. The Morgan fingerprint density at radius 3 is 2.88 bits per heavy atom. The van der Waals surface area contributed by atoms with Gasteiger partial charge >= 0.3 is 0 Å². The average Bonchev–Trinajstić information content (AvgIpc) is 2.69. The van der Waals surface area contributed by atoms with Crippen molar-refractivity contribution in [2.24, 2.45) is 5.92 Å². The molecule has 0 bridgehead atoms. The number of halogens is 1. The maximum Gasteiger partial charge on any atom is 0.0145 e. The van der Waals surface area contributed by atoms with E-state index >= 15 is 0 Å². The van der Waals surface area contributed by atoms with Crippen molar-refractivity contribution in [3.8, 4) is 0 Å². The van der Waals surface area contributed by atoms with E-state index in [9.17, 15) is 0 Å². The van der Waals surface area contributed by atoms with Crippen LogP contribution in [0.25, 0.3) is 0 Å². The highest BCUT2D eigenvalue weighted by atomic mass is 79.9. The Balaban J connectivity index is 2.08. The van der Waals surface area contributed by atoms with Crippen molar-refractivity contribution in [3.63, 3.8) is 0 Å². The first-order valence-corrected chi connectivity index (χ1v) is 7.98. The normalized spacial score (nSPS) is 22.8. The van der Waals surface area contributed by atoms with Gasteiger partial charge in [0.2, 0.25) is 0 Å². The second-order valence-electron chi connectivity index (χ2n) is 4.63. The molecule has 3 atom stereocenters. The molecule has 2 rings (SSSR count). The van der Waals surface area contributed by atoms with Crippen LogP contribution in [0.4, 0.5) is 0 Å². The van der Waals surface area contributed by atoms with E-state index in [1.165, 1.54) is 23.5 Å². The molecule has 0 aliphatic carbocycles. The standard InChI is InChI=1S/C14H19BrS/c1-3-11(10(2)15)8-12-9-16-14-7-5-4-6-13(12)14/h4-7,10-12H,3,8-9H2,1-2H3. The topological polar surface area (TPSA) is 0 Å². The summed E-state index contributed by atoms with van der Waals surface area (Å²) in [5.41, 5.74) is 1.58. The summed E-state index contributed by atoms with van der Waals surface area (Å²) < 4.78 is 0. The Bertz CT molecular complexity index is 348. The fourth-order valence-electron chi connectivity index (χ4n) is 2.47. The molecule has 3 unspecified atom stereocenters. The minimum atomic E-state index is 0.635. The molecule has 0 saturated heterocycles. The molecular weight excluding hydrogens is 280 g/mol. The fourth-order valence-corrected chi connectivity index (χ4v) is 4.33. The van der Waals surface area contributed by atoms with Gasteiger partial charge in [0.15, 0.2) is 0 Å². The fraction of sp³-hybridized carbons (Fsp3) is 0.571. The Labute approximate surface area is 111 Å². The summed E-state index contributed by atoms with van der Waals surface area (Å²) >= 11 is 5.77. The third kappa shape index (κ3) is 2.65. The molecule has 0 nitrogen and oxygen atoms in total. The van der Waals surface area contributed by atoms with Crippen molar-refractivity contribution in [2.45, 2.75) is 42.3 Å². The van der Waals surface area contributed by atoms with Crippen LogP contribution in [-0.2, 0) is 0 Å².